The Morgan fingerprint density at radius 2 is 2.32 bits per heavy atom. The normalized spacial score (nSPS) is 15.2. The molecule has 0 unspecified atom stereocenters. The first-order chi connectivity index (χ1) is 9.24. The molecule has 19 heavy (non-hydrogen) atoms. The molecular weight excluding hydrogens is 258 g/mol. The number of nitrogens with two attached hydrogens (primary N) is 1. The van der Waals surface area contributed by atoms with E-state index in [-0.39, 0.29) is 0 Å². The van der Waals surface area contributed by atoms with Gasteiger partial charge in [-0.25, -0.2) is 4.98 Å². The molecule has 4 nitrogen and oxygen atoms in total. The Morgan fingerprint density at radius 3 is 3.05 bits per heavy atom. The number of nitrogen functional groups attached to an aromatic ring is 1. The molecule has 0 spiro atoms. The maximum atomic E-state index is 5.67. The van der Waals surface area contributed by atoms with Gasteiger partial charge in [-0.15, -0.1) is 11.3 Å². The molecule has 0 amide bonds. The molecule has 1 aromatic heterocycles. The number of fused-ring (bicyclic) bond motifs is 1. The largest absolute Gasteiger partial charge is 0.497 e. The standard InChI is InChI=1S/C14H17N3OS/c1-18-12-3-2-10-4-5-17(8-11(10)6-12)9-13-7-16-14(15)19-13/h2-3,6-7H,4-5,8-9H2,1H3,(H2,15,16). The first-order valence-corrected chi connectivity index (χ1v) is 7.14. The Bertz CT molecular complexity index is 582. The van der Waals surface area contributed by atoms with Gasteiger partial charge in [-0.05, 0) is 29.7 Å². The van der Waals surface area contributed by atoms with E-state index in [1.165, 1.54) is 16.0 Å². The first kappa shape index (κ1) is 12.4. The van der Waals surface area contributed by atoms with Crippen molar-refractivity contribution < 1.29 is 4.74 Å². The van der Waals surface area contributed by atoms with Crippen molar-refractivity contribution in [3.63, 3.8) is 0 Å². The van der Waals surface area contributed by atoms with E-state index in [0.29, 0.717) is 5.13 Å². The van der Waals surface area contributed by atoms with Crippen molar-refractivity contribution in [2.24, 2.45) is 0 Å². The summed E-state index contributed by atoms with van der Waals surface area (Å²) in [6, 6.07) is 6.36. The molecule has 1 aliphatic heterocycles. The quantitative estimate of drug-likeness (QED) is 0.934. The molecule has 0 aliphatic carbocycles. The highest BCUT2D eigenvalue weighted by Crippen LogP contribution is 2.25. The lowest BCUT2D eigenvalue weighted by Crippen LogP contribution is -2.29. The summed E-state index contributed by atoms with van der Waals surface area (Å²) in [5.41, 5.74) is 8.47. The number of hydrogen-bond acceptors (Lipinski definition) is 5. The minimum atomic E-state index is 0.647. The van der Waals surface area contributed by atoms with Crippen LogP contribution in [0.4, 0.5) is 5.13 Å². The number of rotatable bonds is 3. The maximum absolute atomic E-state index is 5.67. The van der Waals surface area contributed by atoms with E-state index < -0.39 is 0 Å². The smallest absolute Gasteiger partial charge is 0.180 e. The van der Waals surface area contributed by atoms with Gasteiger partial charge >= 0.3 is 0 Å². The molecule has 100 valence electrons. The van der Waals surface area contributed by atoms with Crippen molar-refractivity contribution in [3.05, 3.63) is 40.4 Å². The molecule has 0 saturated carbocycles. The van der Waals surface area contributed by atoms with Gasteiger partial charge in [-0.2, -0.15) is 0 Å². The molecule has 0 atom stereocenters. The van der Waals surface area contributed by atoms with Crippen molar-refractivity contribution >= 4 is 16.5 Å². The minimum Gasteiger partial charge on any atom is -0.497 e. The molecule has 2 N–H and O–H groups in total. The monoisotopic (exact) mass is 275 g/mol. The lowest BCUT2D eigenvalue weighted by atomic mass is 9.99. The zero-order valence-electron chi connectivity index (χ0n) is 10.9. The second kappa shape index (κ2) is 5.19. The Morgan fingerprint density at radius 1 is 1.42 bits per heavy atom. The summed E-state index contributed by atoms with van der Waals surface area (Å²) in [5.74, 6) is 0.933. The van der Waals surface area contributed by atoms with Crippen LogP contribution in [0.25, 0.3) is 0 Å². The molecule has 0 radical (unpaired) electrons. The number of aromatic nitrogens is 1. The van der Waals surface area contributed by atoms with Crippen molar-refractivity contribution in [2.75, 3.05) is 19.4 Å². The summed E-state index contributed by atoms with van der Waals surface area (Å²) in [7, 11) is 1.71. The molecule has 2 aromatic rings. The van der Waals surface area contributed by atoms with Crippen LogP contribution in [-0.2, 0) is 19.5 Å². The van der Waals surface area contributed by atoms with E-state index in [2.05, 4.69) is 22.0 Å². The fraction of sp³-hybridized carbons (Fsp3) is 0.357. The van der Waals surface area contributed by atoms with E-state index >= 15 is 0 Å². The van der Waals surface area contributed by atoms with Crippen molar-refractivity contribution in [3.8, 4) is 5.75 Å². The number of benzene rings is 1. The van der Waals surface area contributed by atoms with Gasteiger partial charge in [0.2, 0.25) is 0 Å². The van der Waals surface area contributed by atoms with E-state index in [1.54, 1.807) is 18.4 Å². The van der Waals surface area contributed by atoms with Gasteiger partial charge in [-0.3, -0.25) is 4.90 Å². The predicted molar refractivity (Wildman–Crippen MR) is 77.3 cm³/mol. The molecule has 1 aliphatic rings. The number of anilines is 1. The fourth-order valence-electron chi connectivity index (χ4n) is 2.47. The van der Waals surface area contributed by atoms with E-state index in [9.17, 15) is 0 Å². The summed E-state index contributed by atoms with van der Waals surface area (Å²) in [4.78, 5) is 7.75. The second-order valence-electron chi connectivity index (χ2n) is 4.76. The molecule has 2 heterocycles. The van der Waals surface area contributed by atoms with E-state index in [0.717, 1.165) is 31.8 Å². The van der Waals surface area contributed by atoms with Gasteiger partial charge in [0.15, 0.2) is 5.13 Å². The third-order valence-electron chi connectivity index (χ3n) is 3.46. The number of methoxy groups -OCH3 is 1. The highest BCUT2D eigenvalue weighted by atomic mass is 32.1. The number of thiazole rings is 1. The van der Waals surface area contributed by atoms with Crippen LogP contribution in [-0.4, -0.2) is 23.5 Å². The topological polar surface area (TPSA) is 51.4 Å². The Balaban J connectivity index is 1.74. The second-order valence-corrected chi connectivity index (χ2v) is 5.91. The van der Waals surface area contributed by atoms with E-state index in [4.69, 9.17) is 10.5 Å². The van der Waals surface area contributed by atoms with Gasteiger partial charge in [0.05, 0.1) is 7.11 Å². The lowest BCUT2D eigenvalue weighted by molar-refractivity contribution is 0.247. The molecular formula is C14H17N3OS. The molecule has 5 heteroatoms. The Hall–Kier alpha value is -1.59. The van der Waals surface area contributed by atoms with Crippen LogP contribution >= 0.6 is 11.3 Å². The molecule has 0 saturated heterocycles. The first-order valence-electron chi connectivity index (χ1n) is 6.33. The SMILES string of the molecule is COc1ccc2c(c1)CN(Cc1cnc(N)s1)CC2. The van der Waals surface area contributed by atoms with Gasteiger partial charge in [0, 0.05) is 30.7 Å². The predicted octanol–water partition coefficient (Wildman–Crippen LogP) is 2.29. The minimum absolute atomic E-state index is 0.647. The number of nitrogens with zero attached hydrogens (tertiary/aromatic N) is 2. The highest BCUT2D eigenvalue weighted by molar-refractivity contribution is 7.15. The van der Waals surface area contributed by atoms with Crippen molar-refractivity contribution in [1.29, 1.82) is 0 Å². The number of hydrogen-bond donors (Lipinski definition) is 1. The molecule has 0 bridgehead atoms. The summed E-state index contributed by atoms with van der Waals surface area (Å²) in [6.07, 6.45) is 2.97. The van der Waals surface area contributed by atoms with Gasteiger partial charge in [0.25, 0.3) is 0 Å². The Labute approximate surface area is 116 Å². The summed E-state index contributed by atoms with van der Waals surface area (Å²) in [5, 5.41) is 0.647. The van der Waals surface area contributed by atoms with Crippen LogP contribution in [0.2, 0.25) is 0 Å². The fourth-order valence-corrected chi connectivity index (χ4v) is 3.20. The van der Waals surface area contributed by atoms with Gasteiger partial charge in [-0.1, -0.05) is 6.07 Å². The summed E-state index contributed by atoms with van der Waals surface area (Å²) < 4.78 is 5.29. The van der Waals surface area contributed by atoms with Crippen LogP contribution in [0, 0.1) is 0 Å². The molecule has 3 rings (SSSR count). The van der Waals surface area contributed by atoms with Crippen LogP contribution in [0.15, 0.2) is 24.4 Å². The molecule has 1 aromatic carbocycles. The zero-order chi connectivity index (χ0) is 13.2. The van der Waals surface area contributed by atoms with Crippen molar-refractivity contribution in [1.82, 2.24) is 9.88 Å². The van der Waals surface area contributed by atoms with Crippen molar-refractivity contribution in [2.45, 2.75) is 19.5 Å². The maximum Gasteiger partial charge on any atom is 0.180 e. The highest BCUT2D eigenvalue weighted by Gasteiger charge is 2.17. The third-order valence-corrected chi connectivity index (χ3v) is 4.27. The van der Waals surface area contributed by atoms with Gasteiger partial charge < -0.3 is 10.5 Å². The average Bonchev–Trinajstić information content (AvgIpc) is 2.83. The van der Waals surface area contributed by atoms with Crippen LogP contribution in [0.1, 0.15) is 16.0 Å². The van der Waals surface area contributed by atoms with Crippen LogP contribution in [0.5, 0.6) is 5.75 Å². The van der Waals surface area contributed by atoms with E-state index in [1.807, 2.05) is 12.3 Å². The third kappa shape index (κ3) is 2.72. The van der Waals surface area contributed by atoms with Crippen LogP contribution in [0.3, 0.4) is 0 Å². The summed E-state index contributed by atoms with van der Waals surface area (Å²) >= 11 is 1.57. The molecule has 0 fully saturated rings. The average molecular weight is 275 g/mol. The summed E-state index contributed by atoms with van der Waals surface area (Å²) in [6.45, 7) is 2.97. The van der Waals surface area contributed by atoms with Crippen LogP contribution < -0.4 is 10.5 Å². The lowest BCUT2D eigenvalue weighted by Gasteiger charge is -2.28. The zero-order valence-corrected chi connectivity index (χ0v) is 11.7. The van der Waals surface area contributed by atoms with Gasteiger partial charge in [0.1, 0.15) is 5.75 Å². The Kier molecular flexibility index (Phi) is 3.40. The number of ether oxygens (including phenoxy) is 1.